The van der Waals surface area contributed by atoms with E-state index in [4.69, 9.17) is 11.5 Å². The van der Waals surface area contributed by atoms with Gasteiger partial charge in [0.25, 0.3) is 5.91 Å². The lowest BCUT2D eigenvalue weighted by atomic mass is 9.98. The largest absolute Gasteiger partial charge is 0.370 e. The zero-order valence-electron chi connectivity index (χ0n) is 11.4. The zero-order chi connectivity index (χ0) is 15.8. The number of sulfone groups is 1. The molecule has 21 heavy (non-hydrogen) atoms. The molecule has 0 saturated carbocycles. The van der Waals surface area contributed by atoms with E-state index in [-0.39, 0.29) is 34.0 Å². The van der Waals surface area contributed by atoms with E-state index < -0.39 is 21.7 Å². The van der Waals surface area contributed by atoms with E-state index in [0.717, 1.165) is 0 Å². The summed E-state index contributed by atoms with van der Waals surface area (Å²) < 4.78 is 24.1. The summed E-state index contributed by atoms with van der Waals surface area (Å²) in [5.74, 6) is -1.61. The van der Waals surface area contributed by atoms with Crippen molar-refractivity contribution in [3.63, 3.8) is 0 Å². The van der Waals surface area contributed by atoms with Gasteiger partial charge in [-0.15, -0.1) is 0 Å². The van der Waals surface area contributed by atoms with Crippen molar-refractivity contribution in [3.8, 4) is 0 Å². The van der Waals surface area contributed by atoms with E-state index in [0.29, 0.717) is 12.0 Å². The van der Waals surface area contributed by atoms with Gasteiger partial charge in [0, 0.05) is 17.5 Å². The maximum absolute atomic E-state index is 12.1. The molecule has 1 aromatic rings. The smallest absolute Gasteiger partial charge is 0.280 e. The summed E-state index contributed by atoms with van der Waals surface area (Å²) in [5.41, 5.74) is 11.1. The molecule has 0 aliphatic carbocycles. The van der Waals surface area contributed by atoms with Gasteiger partial charge in [0.1, 0.15) is 0 Å². The Kier molecular flexibility index (Phi) is 3.82. The molecule has 0 atom stereocenters. The maximum atomic E-state index is 12.1. The fourth-order valence-electron chi connectivity index (χ4n) is 2.24. The van der Waals surface area contributed by atoms with Crippen molar-refractivity contribution in [3.05, 3.63) is 28.8 Å². The quantitative estimate of drug-likeness (QED) is 0.584. The lowest BCUT2D eigenvalue weighted by Crippen LogP contribution is -2.25. The van der Waals surface area contributed by atoms with Gasteiger partial charge in [-0.3, -0.25) is 9.59 Å². The monoisotopic (exact) mass is 309 g/mol. The second-order valence-corrected chi connectivity index (χ2v) is 6.77. The molecule has 1 amide bonds. The number of fused-ring (bicyclic) bond motifs is 1. The van der Waals surface area contributed by atoms with Crippen molar-refractivity contribution in [2.45, 2.75) is 24.7 Å². The van der Waals surface area contributed by atoms with Gasteiger partial charge in [0.15, 0.2) is 21.6 Å². The lowest BCUT2D eigenvalue weighted by molar-refractivity contribution is 0.0976. The second kappa shape index (κ2) is 5.28. The number of benzene rings is 1. The lowest BCUT2D eigenvalue weighted by Gasteiger charge is -2.18. The number of ketones is 1. The van der Waals surface area contributed by atoms with Gasteiger partial charge in [-0.2, -0.15) is 4.99 Å². The van der Waals surface area contributed by atoms with E-state index in [1.54, 1.807) is 6.92 Å². The number of guanidine groups is 1. The molecule has 0 unspecified atom stereocenters. The summed E-state index contributed by atoms with van der Waals surface area (Å²) >= 11 is 0. The topological polar surface area (TPSA) is 133 Å². The highest BCUT2D eigenvalue weighted by atomic mass is 32.2. The Morgan fingerprint density at radius 1 is 1.33 bits per heavy atom. The molecule has 4 N–H and O–H groups in total. The molecule has 0 aromatic heterocycles. The van der Waals surface area contributed by atoms with Crippen LogP contribution in [0.5, 0.6) is 0 Å². The van der Waals surface area contributed by atoms with Crippen molar-refractivity contribution in [1.29, 1.82) is 0 Å². The van der Waals surface area contributed by atoms with Crippen LogP contribution in [0.15, 0.2) is 22.0 Å². The third-order valence-electron chi connectivity index (χ3n) is 3.28. The Morgan fingerprint density at radius 2 is 2.00 bits per heavy atom. The third kappa shape index (κ3) is 2.80. The van der Waals surface area contributed by atoms with E-state index in [1.165, 1.54) is 12.1 Å². The van der Waals surface area contributed by atoms with Gasteiger partial charge in [0.2, 0.25) is 0 Å². The number of nitrogens with zero attached hydrogens (tertiary/aromatic N) is 1. The molecule has 2 rings (SSSR count). The van der Waals surface area contributed by atoms with E-state index >= 15 is 0 Å². The Labute approximate surface area is 122 Å². The average molecular weight is 309 g/mol. The standard InChI is InChI=1S/C13H15N3O4S/c1-2-7-5-9-10(17)3-4-21(19,20)11(9)6-8(7)12(18)16-13(14)15/h5-6H,2-4H2,1H3,(H4,14,15,16,18). The molecular formula is C13H15N3O4S. The number of aliphatic imine (C=N–C) groups is 1. The van der Waals surface area contributed by atoms with Crippen LogP contribution in [0.4, 0.5) is 0 Å². The van der Waals surface area contributed by atoms with Crippen molar-refractivity contribution in [1.82, 2.24) is 0 Å². The predicted octanol–water partition coefficient (Wildman–Crippen LogP) is 0.0227. The van der Waals surface area contributed by atoms with Crippen LogP contribution in [-0.4, -0.2) is 31.8 Å². The molecule has 8 heteroatoms. The highest BCUT2D eigenvalue weighted by molar-refractivity contribution is 7.91. The van der Waals surface area contributed by atoms with Crippen molar-refractivity contribution in [2.75, 3.05) is 5.75 Å². The molecule has 7 nitrogen and oxygen atoms in total. The number of carbonyl (C=O) groups excluding carboxylic acids is 2. The molecule has 1 aromatic carbocycles. The Bertz CT molecular complexity index is 762. The Morgan fingerprint density at radius 3 is 2.57 bits per heavy atom. The van der Waals surface area contributed by atoms with Crippen LogP contribution in [0.1, 0.15) is 39.6 Å². The number of nitrogens with two attached hydrogens (primary N) is 2. The van der Waals surface area contributed by atoms with E-state index in [9.17, 15) is 18.0 Å². The Hall–Kier alpha value is -2.22. The molecule has 1 heterocycles. The minimum atomic E-state index is -3.57. The first-order chi connectivity index (χ1) is 9.76. The number of carbonyl (C=O) groups is 2. The first-order valence-corrected chi connectivity index (χ1v) is 7.98. The first kappa shape index (κ1) is 15.2. The number of aryl methyl sites for hydroxylation is 1. The molecular weight excluding hydrogens is 294 g/mol. The van der Waals surface area contributed by atoms with Gasteiger partial charge in [-0.25, -0.2) is 8.42 Å². The Balaban J connectivity index is 2.72. The molecule has 0 spiro atoms. The number of hydrogen-bond acceptors (Lipinski definition) is 4. The van der Waals surface area contributed by atoms with Crippen LogP contribution in [0, 0.1) is 0 Å². The zero-order valence-corrected chi connectivity index (χ0v) is 12.2. The minimum Gasteiger partial charge on any atom is -0.370 e. The number of rotatable bonds is 2. The summed E-state index contributed by atoms with van der Waals surface area (Å²) in [6.07, 6.45) is 0.404. The van der Waals surface area contributed by atoms with Crippen LogP contribution < -0.4 is 11.5 Å². The number of hydrogen-bond donors (Lipinski definition) is 2. The molecule has 0 radical (unpaired) electrons. The van der Waals surface area contributed by atoms with E-state index in [2.05, 4.69) is 4.99 Å². The van der Waals surface area contributed by atoms with Crippen LogP contribution in [0.2, 0.25) is 0 Å². The normalized spacial score (nSPS) is 16.1. The van der Waals surface area contributed by atoms with Crippen molar-refractivity contribution >= 4 is 27.5 Å². The average Bonchev–Trinajstić information content (AvgIpc) is 2.41. The highest BCUT2D eigenvalue weighted by Gasteiger charge is 2.31. The van der Waals surface area contributed by atoms with Crippen LogP contribution in [0.25, 0.3) is 0 Å². The third-order valence-corrected chi connectivity index (χ3v) is 5.03. The molecule has 1 aliphatic heterocycles. The van der Waals surface area contributed by atoms with Crippen LogP contribution in [0.3, 0.4) is 0 Å². The molecule has 0 saturated heterocycles. The summed E-state index contributed by atoms with van der Waals surface area (Å²) in [6.45, 7) is 1.79. The van der Waals surface area contributed by atoms with Gasteiger partial charge in [0.05, 0.1) is 10.6 Å². The minimum absolute atomic E-state index is 0.0420. The van der Waals surface area contributed by atoms with Gasteiger partial charge in [-0.05, 0) is 24.1 Å². The summed E-state index contributed by atoms with van der Waals surface area (Å²) in [6, 6.07) is 2.65. The molecule has 0 fully saturated rings. The molecule has 112 valence electrons. The second-order valence-electron chi connectivity index (χ2n) is 4.69. The molecule has 1 aliphatic rings. The van der Waals surface area contributed by atoms with Crippen LogP contribution in [-0.2, 0) is 16.3 Å². The van der Waals surface area contributed by atoms with Gasteiger partial charge < -0.3 is 11.5 Å². The highest BCUT2D eigenvalue weighted by Crippen LogP contribution is 2.29. The maximum Gasteiger partial charge on any atom is 0.280 e. The van der Waals surface area contributed by atoms with Crippen molar-refractivity contribution < 1.29 is 18.0 Å². The predicted molar refractivity (Wildman–Crippen MR) is 77.0 cm³/mol. The fraction of sp³-hybridized carbons (Fsp3) is 0.308. The fourth-order valence-corrected chi connectivity index (χ4v) is 3.72. The number of amides is 1. The summed E-state index contributed by atoms with van der Waals surface area (Å²) in [4.78, 5) is 27.2. The summed E-state index contributed by atoms with van der Waals surface area (Å²) in [5, 5.41) is 0. The number of Topliss-reactive ketones (excluding diaryl/α,β-unsaturated/α-hetero) is 1. The van der Waals surface area contributed by atoms with Gasteiger partial charge in [-0.1, -0.05) is 6.92 Å². The first-order valence-electron chi connectivity index (χ1n) is 6.33. The SMILES string of the molecule is CCc1cc2c(cc1C(=O)N=C(N)N)S(=O)(=O)CCC2=O. The van der Waals surface area contributed by atoms with Crippen molar-refractivity contribution in [2.24, 2.45) is 16.5 Å². The van der Waals surface area contributed by atoms with E-state index in [1.807, 2.05) is 0 Å². The van der Waals surface area contributed by atoms with Crippen LogP contribution >= 0.6 is 0 Å². The summed E-state index contributed by atoms with van der Waals surface area (Å²) in [7, 11) is -3.57. The van der Waals surface area contributed by atoms with Gasteiger partial charge >= 0.3 is 0 Å². The molecule has 0 bridgehead atoms.